The second-order valence-corrected chi connectivity index (χ2v) is 22.4. The van der Waals surface area contributed by atoms with E-state index in [2.05, 4.69) is 135 Å². The largest absolute Gasteiger partial charge is 0.323 e. The molecule has 20 heteroatoms. The van der Waals surface area contributed by atoms with Crippen LogP contribution < -0.4 is 32.6 Å². The molecule has 9 aromatic heterocycles. The zero-order chi connectivity index (χ0) is 53.5. The van der Waals surface area contributed by atoms with E-state index in [1.807, 2.05) is 76.4 Å². The smallest absolute Gasteiger partial charge is 0.291 e. The van der Waals surface area contributed by atoms with Crippen LogP contribution in [-0.4, -0.2) is 58.0 Å². The molecule has 0 unspecified atom stereocenters. The van der Waals surface area contributed by atoms with Gasteiger partial charge >= 0.3 is 0 Å². The van der Waals surface area contributed by atoms with E-state index in [0.29, 0.717) is 36.2 Å². The fraction of sp³-hybridized carbons (Fsp3) is 0.268. The van der Waals surface area contributed by atoms with Gasteiger partial charge in [0, 0.05) is 77.4 Å². The Morgan fingerprint density at radius 3 is 1.25 bits per heavy atom. The van der Waals surface area contributed by atoms with E-state index in [0.717, 1.165) is 75.1 Å². The third-order valence-corrected chi connectivity index (χ3v) is 18.0. The van der Waals surface area contributed by atoms with Crippen molar-refractivity contribution in [1.29, 1.82) is 0 Å². The summed E-state index contributed by atoms with van der Waals surface area (Å²) < 4.78 is 13.1. The van der Waals surface area contributed by atoms with Crippen molar-refractivity contribution in [2.24, 2.45) is 21.1 Å². The maximum Gasteiger partial charge on any atom is 0.291 e. The maximum atomic E-state index is 12.3. The minimum Gasteiger partial charge on any atom is -0.323 e. The average Bonchev–Trinajstić information content (AvgIpc) is 4.30. The van der Waals surface area contributed by atoms with Crippen LogP contribution in [-0.2, 0) is 67.6 Å². The van der Waals surface area contributed by atoms with Gasteiger partial charge in [-0.2, -0.15) is 15.3 Å². The monoisotopic (exact) mass is 1180 g/mol. The van der Waals surface area contributed by atoms with Gasteiger partial charge in [0.15, 0.2) is 16.9 Å². The van der Waals surface area contributed by atoms with Crippen molar-refractivity contribution in [2.75, 3.05) is 0 Å². The van der Waals surface area contributed by atoms with Gasteiger partial charge in [0.05, 0.1) is 42.7 Å². The van der Waals surface area contributed by atoms with Crippen LogP contribution in [0.1, 0.15) is 63.0 Å². The number of aromatic nitrogens is 12. The van der Waals surface area contributed by atoms with E-state index < -0.39 is 7.92 Å². The topological polar surface area (TPSA) is 158 Å². The summed E-state index contributed by atoms with van der Waals surface area (Å²) in [6.45, 7) is 19.3. The molecule has 9 heterocycles. The number of hydrogen-bond donors (Lipinski definition) is 0. The SMILES string of the molecule is C=Cc1nc2c(s1)c1cnn(CC)c(=O)c1n2C.CC.CCCc1nc2c(s1)c1cnn(CC)c(=O)c1n2C.CCn1ncc2c3sc(C)nc3n(C)c2c1=O.[Pd].c1ccc(P(c2ccccc2)c2ccccc2)cc1. The van der Waals surface area contributed by atoms with Crippen LogP contribution in [0.4, 0.5) is 0 Å². The summed E-state index contributed by atoms with van der Waals surface area (Å²) in [7, 11) is 5.20. The van der Waals surface area contributed by atoms with Gasteiger partial charge < -0.3 is 13.7 Å². The predicted molar refractivity (Wildman–Crippen MR) is 317 cm³/mol. The minimum absolute atomic E-state index is 0. The molecule has 0 saturated carbocycles. The summed E-state index contributed by atoms with van der Waals surface area (Å²) in [6.07, 6.45) is 9.08. The van der Waals surface area contributed by atoms with Gasteiger partial charge in [-0.15, -0.1) is 34.0 Å². The molecule has 396 valence electrons. The molecule has 0 aliphatic carbocycles. The van der Waals surface area contributed by atoms with Crippen LogP contribution in [0.25, 0.3) is 69.8 Å². The first-order valence-corrected chi connectivity index (χ1v) is 28.8. The van der Waals surface area contributed by atoms with Crippen molar-refractivity contribution < 1.29 is 20.4 Å². The molecule has 0 spiro atoms. The van der Waals surface area contributed by atoms with Gasteiger partial charge in [-0.05, 0) is 70.4 Å². The zero-order valence-corrected chi connectivity index (χ0v) is 49.2. The first-order valence-electron chi connectivity index (χ1n) is 25.0. The first-order chi connectivity index (χ1) is 36.4. The van der Waals surface area contributed by atoms with Crippen molar-refractivity contribution in [3.63, 3.8) is 0 Å². The van der Waals surface area contributed by atoms with Gasteiger partial charge in [-0.3, -0.25) is 14.4 Å². The van der Waals surface area contributed by atoms with Crippen LogP contribution in [0.15, 0.2) is 131 Å². The quantitative estimate of drug-likeness (QED) is 0.101. The Labute approximate surface area is 467 Å². The Balaban J connectivity index is 0.000000145. The van der Waals surface area contributed by atoms with Gasteiger partial charge in [-0.1, -0.05) is 118 Å². The standard InChI is InChI=1S/C18H15P.C13H16N4OS.C12H12N4OS.C11H12N4OS.C2H6.Pd/c1-4-10-16(11-5-1)19(17-12-6-2-7-13-17)18-14-8-3-9-15-18;1-4-6-9-15-12-11(19-9)8-7-14-17(5-2)13(18)10(8)16(12)3;1-4-8-14-11-10(18-8)7-6-13-16(5-2)12(17)9(7)15(11)3;1-4-15-11(16)8-7(5-12-15)9-10(14(8)3)13-6(2)17-9;1-2;/h1-15H;7H,4-6H2,1-3H3;4,6H,1,5H2,2-3H3;5H,4H2,1-3H3;1-2H3;. The van der Waals surface area contributed by atoms with Crippen molar-refractivity contribution in [2.45, 2.75) is 80.9 Å². The third-order valence-electron chi connectivity index (χ3n) is 12.3. The molecule has 15 nitrogen and oxygen atoms in total. The molecule has 0 atom stereocenters. The Bertz CT molecular complexity index is 4020. The minimum atomic E-state index is -0.446. The predicted octanol–water partition coefficient (Wildman–Crippen LogP) is 10.5. The van der Waals surface area contributed by atoms with Crippen LogP contribution in [0.5, 0.6) is 0 Å². The Kier molecular flexibility index (Phi) is 19.2. The van der Waals surface area contributed by atoms with E-state index >= 15 is 0 Å². The summed E-state index contributed by atoms with van der Waals surface area (Å²) in [5.74, 6) is 0. The van der Waals surface area contributed by atoms with E-state index in [1.165, 1.54) is 41.3 Å². The summed E-state index contributed by atoms with van der Waals surface area (Å²) in [5, 5.41) is 22.4. The molecular formula is C56H61N12O3PPdS3. The summed E-state index contributed by atoms with van der Waals surface area (Å²) in [6, 6.07) is 32.3. The number of benzene rings is 3. The van der Waals surface area contributed by atoms with E-state index in [4.69, 9.17) is 0 Å². The summed E-state index contributed by atoms with van der Waals surface area (Å²) in [4.78, 5) is 50.3. The zero-order valence-electron chi connectivity index (χ0n) is 44.3. The first kappa shape index (κ1) is 57.1. The normalized spacial score (nSPS) is 11.0. The van der Waals surface area contributed by atoms with Gasteiger partial charge in [0.1, 0.15) is 21.6 Å². The number of hydrogen-bond acceptors (Lipinski definition) is 12. The van der Waals surface area contributed by atoms with Gasteiger partial charge in [0.2, 0.25) is 0 Å². The van der Waals surface area contributed by atoms with Crippen LogP contribution in [0, 0.1) is 6.92 Å². The summed E-state index contributed by atoms with van der Waals surface area (Å²) >= 11 is 4.81. The molecule has 12 rings (SSSR count). The van der Waals surface area contributed by atoms with E-state index in [1.54, 1.807) is 47.3 Å². The molecular weight excluding hydrogens is 1120 g/mol. The molecule has 0 amide bonds. The molecule has 0 radical (unpaired) electrons. The van der Waals surface area contributed by atoms with Crippen LogP contribution >= 0.6 is 41.9 Å². The molecule has 0 fully saturated rings. The number of thiazole rings is 3. The van der Waals surface area contributed by atoms with Crippen LogP contribution in [0.3, 0.4) is 0 Å². The number of nitrogens with zero attached hydrogens (tertiary/aromatic N) is 12. The number of rotatable bonds is 9. The van der Waals surface area contributed by atoms with Crippen LogP contribution in [0.2, 0.25) is 0 Å². The summed E-state index contributed by atoms with van der Waals surface area (Å²) in [5.41, 5.74) is 4.49. The van der Waals surface area contributed by atoms with Crippen molar-refractivity contribution in [1.82, 2.24) is 58.0 Å². The molecule has 0 aliphatic heterocycles. The van der Waals surface area contributed by atoms with Gasteiger partial charge in [0.25, 0.3) is 16.7 Å². The molecule has 12 aromatic rings. The molecule has 0 saturated heterocycles. The van der Waals surface area contributed by atoms with Crippen molar-refractivity contribution >= 4 is 128 Å². The maximum absolute atomic E-state index is 12.3. The Hall–Kier alpha value is -6.58. The van der Waals surface area contributed by atoms with Gasteiger partial charge in [-0.25, -0.2) is 29.0 Å². The van der Waals surface area contributed by atoms with E-state index in [-0.39, 0.29) is 37.1 Å². The molecule has 3 aromatic carbocycles. The second kappa shape index (κ2) is 25.5. The fourth-order valence-electron chi connectivity index (χ4n) is 8.79. The van der Waals surface area contributed by atoms with E-state index in [9.17, 15) is 14.4 Å². The molecule has 0 bridgehead atoms. The Morgan fingerprint density at radius 2 is 0.882 bits per heavy atom. The second-order valence-electron chi connectivity index (χ2n) is 16.9. The Morgan fingerprint density at radius 1 is 0.526 bits per heavy atom. The third kappa shape index (κ3) is 11.1. The average molecular weight is 1180 g/mol. The van der Waals surface area contributed by atoms with Crippen molar-refractivity contribution in [3.05, 3.63) is 162 Å². The number of fused-ring (bicyclic) bond motifs is 9. The van der Waals surface area contributed by atoms with Crippen molar-refractivity contribution in [3.8, 4) is 0 Å². The molecule has 0 aliphatic rings. The molecule has 76 heavy (non-hydrogen) atoms. The fourth-order valence-corrected chi connectivity index (χ4v) is 14.2. The number of aryl methyl sites for hydroxylation is 8. The molecule has 0 N–H and O–H groups in total.